The third-order valence-electron chi connectivity index (χ3n) is 4.59. The van der Waals surface area contributed by atoms with Gasteiger partial charge in [0, 0.05) is 29.6 Å². The highest BCUT2D eigenvalue weighted by atomic mass is 16.6. The van der Waals surface area contributed by atoms with Crippen molar-refractivity contribution in [3.05, 3.63) is 39.4 Å². The van der Waals surface area contributed by atoms with Crippen LogP contribution in [0.1, 0.15) is 51.7 Å². The number of benzene rings is 1. The van der Waals surface area contributed by atoms with E-state index in [-0.39, 0.29) is 28.0 Å². The first-order chi connectivity index (χ1) is 11.7. The highest BCUT2D eigenvalue weighted by molar-refractivity contribution is 5.79. The normalized spacial score (nSPS) is 16.6. The van der Waals surface area contributed by atoms with Crippen LogP contribution in [-0.2, 0) is 17.8 Å². The van der Waals surface area contributed by atoms with E-state index in [9.17, 15) is 14.9 Å². The average Bonchev–Trinajstić information content (AvgIpc) is 2.53. The van der Waals surface area contributed by atoms with Crippen LogP contribution in [0.3, 0.4) is 0 Å². The van der Waals surface area contributed by atoms with Gasteiger partial charge in [-0.2, -0.15) is 0 Å². The minimum Gasteiger partial charge on any atom is -0.351 e. The van der Waals surface area contributed by atoms with Crippen LogP contribution in [0, 0.1) is 16.0 Å². The Morgan fingerprint density at radius 3 is 2.48 bits per heavy atom. The lowest BCUT2D eigenvalue weighted by molar-refractivity contribution is -0.385. The van der Waals surface area contributed by atoms with Gasteiger partial charge in [0.05, 0.1) is 4.92 Å². The Kier molecular flexibility index (Phi) is 6.16. The van der Waals surface area contributed by atoms with Gasteiger partial charge in [0.25, 0.3) is 5.69 Å². The Morgan fingerprint density at radius 1 is 1.32 bits per heavy atom. The van der Waals surface area contributed by atoms with Gasteiger partial charge in [-0.1, -0.05) is 19.1 Å². The second-order valence-corrected chi connectivity index (χ2v) is 7.86. The van der Waals surface area contributed by atoms with E-state index in [1.165, 1.54) is 0 Å². The first-order valence-corrected chi connectivity index (χ1v) is 9.00. The van der Waals surface area contributed by atoms with Gasteiger partial charge >= 0.3 is 0 Å². The molecule has 6 nitrogen and oxygen atoms in total. The SMILES string of the molecule is CCc1ccc(CN2CCC(C(=O)NC(C)(C)C)CC2)cc1[N+](=O)[O-]. The summed E-state index contributed by atoms with van der Waals surface area (Å²) in [5.74, 6) is 0.197. The summed E-state index contributed by atoms with van der Waals surface area (Å²) in [6, 6.07) is 5.53. The summed E-state index contributed by atoms with van der Waals surface area (Å²) in [5, 5.41) is 14.3. The smallest absolute Gasteiger partial charge is 0.272 e. The molecular formula is C19H29N3O3. The number of nitrogens with zero attached hydrogens (tertiary/aromatic N) is 2. The van der Waals surface area contributed by atoms with Crippen molar-refractivity contribution in [2.45, 2.75) is 59.0 Å². The van der Waals surface area contributed by atoms with Gasteiger partial charge in [-0.3, -0.25) is 19.8 Å². The number of aryl methyl sites for hydroxylation is 1. The van der Waals surface area contributed by atoms with Crippen LogP contribution in [0.15, 0.2) is 18.2 Å². The maximum atomic E-state index is 12.3. The van der Waals surface area contributed by atoms with Crippen molar-refractivity contribution in [1.82, 2.24) is 10.2 Å². The topological polar surface area (TPSA) is 75.5 Å². The molecule has 1 amide bonds. The summed E-state index contributed by atoms with van der Waals surface area (Å²) in [5.41, 5.74) is 1.74. The quantitative estimate of drug-likeness (QED) is 0.655. The number of likely N-dealkylation sites (tertiary alicyclic amines) is 1. The third-order valence-corrected chi connectivity index (χ3v) is 4.59. The maximum Gasteiger partial charge on any atom is 0.272 e. The van der Waals surface area contributed by atoms with E-state index in [1.54, 1.807) is 6.07 Å². The molecular weight excluding hydrogens is 318 g/mol. The van der Waals surface area contributed by atoms with Crippen molar-refractivity contribution < 1.29 is 9.72 Å². The molecule has 25 heavy (non-hydrogen) atoms. The van der Waals surface area contributed by atoms with Crippen molar-refractivity contribution in [3.8, 4) is 0 Å². The largest absolute Gasteiger partial charge is 0.351 e. The van der Waals surface area contributed by atoms with E-state index < -0.39 is 0 Å². The van der Waals surface area contributed by atoms with Gasteiger partial charge in [0.2, 0.25) is 5.91 Å². The van der Waals surface area contributed by atoms with Crippen LogP contribution in [0.5, 0.6) is 0 Å². The molecule has 0 radical (unpaired) electrons. The fraction of sp³-hybridized carbons (Fsp3) is 0.632. The van der Waals surface area contributed by atoms with Gasteiger partial charge < -0.3 is 5.32 Å². The molecule has 0 saturated carbocycles. The molecule has 0 spiro atoms. The Balaban J connectivity index is 1.93. The zero-order chi connectivity index (χ0) is 18.6. The molecule has 1 N–H and O–H groups in total. The molecule has 0 aromatic heterocycles. The maximum absolute atomic E-state index is 12.3. The second-order valence-electron chi connectivity index (χ2n) is 7.86. The lowest BCUT2D eigenvalue weighted by Gasteiger charge is -2.33. The standard InChI is InChI=1S/C19H29N3O3/c1-5-15-7-6-14(12-17(15)22(24)25)13-21-10-8-16(9-11-21)18(23)20-19(2,3)4/h6-7,12,16H,5,8-11,13H2,1-4H3,(H,20,23). The average molecular weight is 347 g/mol. The van der Waals surface area contributed by atoms with Crippen molar-refractivity contribution >= 4 is 11.6 Å². The summed E-state index contributed by atoms with van der Waals surface area (Å²) in [4.78, 5) is 25.4. The molecule has 0 bridgehead atoms. The van der Waals surface area contributed by atoms with Crippen molar-refractivity contribution in [2.75, 3.05) is 13.1 Å². The Labute approximate surface area is 149 Å². The Morgan fingerprint density at radius 2 is 1.96 bits per heavy atom. The highest BCUT2D eigenvalue weighted by Gasteiger charge is 2.27. The minimum atomic E-state index is -0.300. The number of amides is 1. The fourth-order valence-electron chi connectivity index (χ4n) is 3.26. The number of carbonyl (C=O) groups excluding carboxylic acids is 1. The summed E-state index contributed by atoms with van der Waals surface area (Å²) in [6.07, 6.45) is 2.32. The second kappa shape index (κ2) is 7.95. The van der Waals surface area contributed by atoms with E-state index in [1.807, 2.05) is 39.8 Å². The fourth-order valence-corrected chi connectivity index (χ4v) is 3.26. The molecule has 1 aromatic rings. The first kappa shape index (κ1) is 19.4. The molecule has 2 rings (SSSR count). The summed E-state index contributed by atoms with van der Waals surface area (Å²) < 4.78 is 0. The molecule has 138 valence electrons. The Bertz CT molecular complexity index is 629. The number of carbonyl (C=O) groups is 1. The molecule has 1 saturated heterocycles. The summed E-state index contributed by atoms with van der Waals surface area (Å²) in [6.45, 7) is 10.3. The lowest BCUT2D eigenvalue weighted by atomic mass is 9.94. The minimum absolute atomic E-state index is 0.0623. The number of nitro benzene ring substituents is 1. The molecule has 0 unspecified atom stereocenters. The third kappa shape index (κ3) is 5.53. The molecule has 0 atom stereocenters. The summed E-state index contributed by atoms with van der Waals surface area (Å²) >= 11 is 0. The van der Waals surface area contributed by atoms with E-state index >= 15 is 0 Å². The number of piperidine rings is 1. The van der Waals surface area contributed by atoms with Crippen LogP contribution < -0.4 is 5.32 Å². The van der Waals surface area contributed by atoms with Gasteiger partial charge in [-0.15, -0.1) is 0 Å². The van der Waals surface area contributed by atoms with Gasteiger partial charge in [0.15, 0.2) is 0 Å². The first-order valence-electron chi connectivity index (χ1n) is 9.00. The monoisotopic (exact) mass is 347 g/mol. The number of nitrogens with one attached hydrogen (secondary N) is 1. The van der Waals surface area contributed by atoms with E-state index in [2.05, 4.69) is 10.2 Å². The van der Waals surface area contributed by atoms with Crippen LogP contribution in [0.4, 0.5) is 5.69 Å². The number of nitro groups is 1. The van der Waals surface area contributed by atoms with E-state index in [4.69, 9.17) is 0 Å². The lowest BCUT2D eigenvalue weighted by Crippen LogP contribution is -2.46. The van der Waals surface area contributed by atoms with Crippen molar-refractivity contribution in [2.24, 2.45) is 5.92 Å². The molecule has 1 fully saturated rings. The zero-order valence-corrected chi connectivity index (χ0v) is 15.7. The zero-order valence-electron chi connectivity index (χ0n) is 15.7. The number of hydrogen-bond acceptors (Lipinski definition) is 4. The molecule has 1 aliphatic rings. The number of hydrogen-bond donors (Lipinski definition) is 1. The van der Waals surface area contributed by atoms with Crippen LogP contribution in [0.25, 0.3) is 0 Å². The van der Waals surface area contributed by atoms with Crippen molar-refractivity contribution in [1.29, 1.82) is 0 Å². The summed E-state index contributed by atoms with van der Waals surface area (Å²) in [7, 11) is 0. The van der Waals surface area contributed by atoms with Gasteiger partial charge in [0.1, 0.15) is 0 Å². The molecule has 1 aliphatic heterocycles. The predicted molar refractivity (Wildman–Crippen MR) is 98.4 cm³/mol. The van der Waals surface area contributed by atoms with E-state index in [0.717, 1.165) is 37.1 Å². The van der Waals surface area contributed by atoms with Crippen LogP contribution in [-0.4, -0.2) is 34.4 Å². The van der Waals surface area contributed by atoms with Crippen LogP contribution >= 0.6 is 0 Å². The molecule has 6 heteroatoms. The number of rotatable bonds is 5. The molecule has 1 aromatic carbocycles. The Hall–Kier alpha value is -1.95. The highest BCUT2D eigenvalue weighted by Crippen LogP contribution is 2.24. The van der Waals surface area contributed by atoms with Crippen molar-refractivity contribution in [3.63, 3.8) is 0 Å². The molecule has 1 heterocycles. The van der Waals surface area contributed by atoms with E-state index in [0.29, 0.717) is 13.0 Å². The van der Waals surface area contributed by atoms with Gasteiger partial charge in [-0.25, -0.2) is 0 Å². The molecule has 0 aliphatic carbocycles. The van der Waals surface area contributed by atoms with Gasteiger partial charge in [-0.05, 0) is 58.7 Å². The predicted octanol–water partition coefficient (Wildman–Crippen LogP) is 3.28. The van der Waals surface area contributed by atoms with Crippen LogP contribution in [0.2, 0.25) is 0 Å².